The number of benzene rings is 1. The fourth-order valence-electron chi connectivity index (χ4n) is 1.67. The second kappa shape index (κ2) is 8.02. The fraction of sp³-hybridized carbons (Fsp3) is 0.600. The highest BCUT2D eigenvalue weighted by Crippen LogP contribution is 2.27. The van der Waals surface area contributed by atoms with E-state index in [4.69, 9.17) is 14.2 Å². The summed E-state index contributed by atoms with van der Waals surface area (Å²) in [7, 11) is 3.38. The van der Waals surface area contributed by atoms with Crippen LogP contribution in [0.3, 0.4) is 0 Å². The Labute approximate surface area is 116 Å². The van der Waals surface area contributed by atoms with Crippen LogP contribution in [0, 0.1) is 6.92 Å². The lowest BCUT2D eigenvalue weighted by Gasteiger charge is -2.23. The minimum absolute atomic E-state index is 0.133. The van der Waals surface area contributed by atoms with E-state index in [9.17, 15) is 0 Å². The van der Waals surface area contributed by atoms with Crippen LogP contribution in [-0.2, 0) is 9.47 Å². The van der Waals surface area contributed by atoms with Crippen LogP contribution >= 0.6 is 0 Å². The molecule has 4 heteroatoms. The number of hydrogen-bond donors (Lipinski definition) is 1. The number of methoxy groups -OCH3 is 2. The summed E-state index contributed by atoms with van der Waals surface area (Å²) in [6.07, 6.45) is 0.133. The maximum Gasteiger partial charge on any atom is 0.142 e. The molecule has 0 heterocycles. The predicted molar refractivity (Wildman–Crippen MR) is 78.1 cm³/mol. The molecule has 0 bridgehead atoms. The lowest BCUT2D eigenvalue weighted by atomic mass is 10.1. The van der Waals surface area contributed by atoms with Crippen molar-refractivity contribution in [3.63, 3.8) is 0 Å². The number of anilines is 1. The van der Waals surface area contributed by atoms with Crippen molar-refractivity contribution in [3.8, 4) is 5.75 Å². The molecule has 0 aliphatic heterocycles. The maximum absolute atomic E-state index is 5.74. The maximum atomic E-state index is 5.74. The summed E-state index contributed by atoms with van der Waals surface area (Å²) in [5.41, 5.74) is 2.16. The van der Waals surface area contributed by atoms with Crippen LogP contribution in [0.2, 0.25) is 0 Å². The number of rotatable bonds is 8. The van der Waals surface area contributed by atoms with E-state index < -0.39 is 0 Å². The molecular weight excluding hydrogens is 242 g/mol. The summed E-state index contributed by atoms with van der Waals surface area (Å²) in [6.45, 7) is 7.30. The van der Waals surface area contributed by atoms with E-state index in [-0.39, 0.29) is 12.1 Å². The van der Waals surface area contributed by atoms with E-state index in [0.29, 0.717) is 13.2 Å². The molecular formula is C15H25NO3. The first-order chi connectivity index (χ1) is 9.08. The van der Waals surface area contributed by atoms with Gasteiger partial charge in [0, 0.05) is 20.3 Å². The summed E-state index contributed by atoms with van der Waals surface area (Å²) in [5, 5.41) is 3.42. The van der Waals surface area contributed by atoms with Crippen LogP contribution in [0.4, 0.5) is 5.69 Å². The van der Waals surface area contributed by atoms with Gasteiger partial charge in [-0.25, -0.2) is 0 Å². The molecule has 108 valence electrons. The Morgan fingerprint density at radius 3 is 2.53 bits per heavy atom. The second-order valence-electron chi connectivity index (χ2n) is 4.71. The van der Waals surface area contributed by atoms with Gasteiger partial charge in [-0.2, -0.15) is 0 Å². The van der Waals surface area contributed by atoms with Crippen molar-refractivity contribution < 1.29 is 14.2 Å². The van der Waals surface area contributed by atoms with E-state index in [1.807, 2.05) is 26.0 Å². The minimum atomic E-state index is 0.133. The van der Waals surface area contributed by atoms with Crippen molar-refractivity contribution in [1.29, 1.82) is 0 Å². The topological polar surface area (TPSA) is 39.7 Å². The molecule has 19 heavy (non-hydrogen) atoms. The number of hydrogen-bond acceptors (Lipinski definition) is 4. The Morgan fingerprint density at radius 2 is 1.89 bits per heavy atom. The third-order valence-electron chi connectivity index (χ3n) is 3.14. The molecule has 1 rings (SSSR count). The average molecular weight is 267 g/mol. The normalized spacial score (nSPS) is 13.9. The number of nitrogens with one attached hydrogen (secondary N) is 1. The van der Waals surface area contributed by atoms with Gasteiger partial charge in [0.2, 0.25) is 0 Å². The molecule has 0 aromatic heterocycles. The molecule has 1 aromatic rings. The molecule has 0 spiro atoms. The van der Waals surface area contributed by atoms with Gasteiger partial charge in [-0.05, 0) is 38.5 Å². The molecule has 0 saturated carbocycles. The Bertz CT molecular complexity index is 382. The van der Waals surface area contributed by atoms with Crippen molar-refractivity contribution in [2.75, 3.05) is 32.8 Å². The van der Waals surface area contributed by atoms with E-state index in [0.717, 1.165) is 11.4 Å². The molecule has 0 aliphatic rings. The smallest absolute Gasteiger partial charge is 0.142 e. The van der Waals surface area contributed by atoms with Gasteiger partial charge in [0.15, 0.2) is 0 Å². The van der Waals surface area contributed by atoms with E-state index in [2.05, 4.69) is 18.3 Å². The zero-order chi connectivity index (χ0) is 14.3. The van der Waals surface area contributed by atoms with Gasteiger partial charge >= 0.3 is 0 Å². The second-order valence-corrected chi connectivity index (χ2v) is 4.71. The minimum Gasteiger partial charge on any atom is -0.489 e. The van der Waals surface area contributed by atoms with Gasteiger partial charge < -0.3 is 19.5 Å². The van der Waals surface area contributed by atoms with Crippen molar-refractivity contribution in [1.82, 2.24) is 0 Å². The van der Waals surface area contributed by atoms with E-state index in [1.165, 1.54) is 5.56 Å². The molecule has 1 N–H and O–H groups in total. The summed E-state index contributed by atoms with van der Waals surface area (Å²) >= 11 is 0. The molecule has 0 radical (unpaired) electrons. The van der Waals surface area contributed by atoms with Gasteiger partial charge in [0.1, 0.15) is 12.4 Å². The fourth-order valence-corrected chi connectivity index (χ4v) is 1.67. The molecule has 0 saturated heterocycles. The largest absolute Gasteiger partial charge is 0.489 e. The average Bonchev–Trinajstić information content (AvgIpc) is 2.40. The standard InChI is InChI=1S/C15H25NO3/c1-11-6-7-14(16-12(2)13(3)18-5)15(10-11)19-9-8-17-4/h6-7,10,12-13,16H,8-9H2,1-5H3. The van der Waals surface area contributed by atoms with Gasteiger partial charge in [-0.15, -0.1) is 0 Å². The highest BCUT2D eigenvalue weighted by Gasteiger charge is 2.13. The zero-order valence-electron chi connectivity index (χ0n) is 12.5. The van der Waals surface area contributed by atoms with E-state index >= 15 is 0 Å². The molecule has 1 aromatic carbocycles. The van der Waals surface area contributed by atoms with Crippen LogP contribution < -0.4 is 10.1 Å². The Balaban J connectivity index is 2.75. The number of aryl methyl sites for hydroxylation is 1. The predicted octanol–water partition coefficient (Wildman–Crippen LogP) is 2.86. The first-order valence-corrected chi connectivity index (χ1v) is 6.60. The van der Waals surface area contributed by atoms with Gasteiger partial charge in [-0.3, -0.25) is 0 Å². The van der Waals surface area contributed by atoms with E-state index in [1.54, 1.807) is 14.2 Å². The third kappa shape index (κ3) is 5.09. The first kappa shape index (κ1) is 15.8. The monoisotopic (exact) mass is 267 g/mol. The molecule has 4 nitrogen and oxygen atoms in total. The first-order valence-electron chi connectivity index (χ1n) is 6.60. The molecule has 0 amide bonds. The summed E-state index contributed by atoms with van der Waals surface area (Å²) in [5.74, 6) is 0.854. The van der Waals surface area contributed by atoms with Gasteiger partial charge in [0.05, 0.1) is 18.4 Å². The quantitative estimate of drug-likeness (QED) is 0.735. The van der Waals surface area contributed by atoms with Crippen LogP contribution in [0.25, 0.3) is 0 Å². The Hall–Kier alpha value is -1.26. The van der Waals surface area contributed by atoms with Crippen molar-refractivity contribution in [2.24, 2.45) is 0 Å². The lowest BCUT2D eigenvalue weighted by Crippen LogP contribution is -2.29. The Morgan fingerprint density at radius 1 is 1.16 bits per heavy atom. The van der Waals surface area contributed by atoms with Crippen LogP contribution in [0.15, 0.2) is 18.2 Å². The summed E-state index contributed by atoms with van der Waals surface area (Å²) < 4.78 is 16.1. The van der Waals surface area contributed by atoms with Gasteiger partial charge in [-0.1, -0.05) is 6.07 Å². The molecule has 2 unspecified atom stereocenters. The Kier molecular flexibility index (Phi) is 6.67. The van der Waals surface area contributed by atoms with Crippen molar-refractivity contribution in [3.05, 3.63) is 23.8 Å². The van der Waals surface area contributed by atoms with Crippen LogP contribution in [0.1, 0.15) is 19.4 Å². The highest BCUT2D eigenvalue weighted by atomic mass is 16.5. The third-order valence-corrected chi connectivity index (χ3v) is 3.14. The molecule has 0 aliphatic carbocycles. The number of ether oxygens (including phenoxy) is 3. The lowest BCUT2D eigenvalue weighted by molar-refractivity contribution is 0.106. The SMILES string of the molecule is COCCOc1cc(C)ccc1NC(C)C(C)OC. The highest BCUT2D eigenvalue weighted by molar-refractivity contribution is 5.58. The summed E-state index contributed by atoms with van der Waals surface area (Å²) in [4.78, 5) is 0. The molecule has 2 atom stereocenters. The van der Waals surface area contributed by atoms with Crippen molar-refractivity contribution in [2.45, 2.75) is 32.9 Å². The summed E-state index contributed by atoms with van der Waals surface area (Å²) in [6, 6.07) is 6.34. The van der Waals surface area contributed by atoms with Crippen molar-refractivity contribution >= 4 is 5.69 Å². The molecule has 0 fully saturated rings. The van der Waals surface area contributed by atoms with Crippen LogP contribution in [0.5, 0.6) is 5.75 Å². The zero-order valence-corrected chi connectivity index (χ0v) is 12.5. The van der Waals surface area contributed by atoms with Gasteiger partial charge in [0.25, 0.3) is 0 Å². The van der Waals surface area contributed by atoms with Crippen LogP contribution in [-0.4, -0.2) is 39.6 Å².